The molecule has 0 aliphatic heterocycles. The topological polar surface area (TPSA) is 62.4 Å². The van der Waals surface area contributed by atoms with E-state index in [9.17, 15) is 0 Å². The van der Waals surface area contributed by atoms with E-state index >= 15 is 0 Å². The lowest BCUT2D eigenvalue weighted by Gasteiger charge is -2.13. The van der Waals surface area contributed by atoms with Crippen molar-refractivity contribution in [3.05, 3.63) is 30.3 Å². The molecule has 1 aromatic carbocycles. The van der Waals surface area contributed by atoms with Gasteiger partial charge in [-0.25, -0.2) is 5.84 Å². The van der Waals surface area contributed by atoms with Gasteiger partial charge < -0.3 is 5.32 Å². The van der Waals surface area contributed by atoms with Gasteiger partial charge in [-0.2, -0.15) is 0 Å². The second-order valence-corrected chi connectivity index (χ2v) is 4.74. The van der Waals surface area contributed by atoms with Crippen molar-refractivity contribution in [3.8, 4) is 0 Å². The highest BCUT2D eigenvalue weighted by atomic mass is 15.3. The van der Waals surface area contributed by atoms with Crippen molar-refractivity contribution >= 4 is 11.6 Å². The van der Waals surface area contributed by atoms with Crippen LogP contribution in [0.4, 0.5) is 5.69 Å². The fourth-order valence-corrected chi connectivity index (χ4v) is 1.92. The number of nitrogens with two attached hydrogens (primary N) is 1. The van der Waals surface area contributed by atoms with Crippen molar-refractivity contribution in [1.29, 1.82) is 0 Å². The molecule has 106 valence electrons. The zero-order valence-corrected chi connectivity index (χ0v) is 12.0. The number of nitrogens with zero attached hydrogens (tertiary/aromatic N) is 1. The predicted molar refractivity (Wildman–Crippen MR) is 83.0 cm³/mol. The maximum absolute atomic E-state index is 5.51. The van der Waals surface area contributed by atoms with E-state index in [4.69, 9.17) is 5.84 Å². The van der Waals surface area contributed by atoms with Gasteiger partial charge in [-0.1, -0.05) is 51.3 Å². The van der Waals surface area contributed by atoms with Crippen LogP contribution in [0.2, 0.25) is 0 Å². The van der Waals surface area contributed by atoms with Crippen molar-refractivity contribution in [3.63, 3.8) is 0 Å². The molecule has 0 bridgehead atoms. The van der Waals surface area contributed by atoms with Gasteiger partial charge in [0.2, 0.25) is 5.96 Å². The summed E-state index contributed by atoms with van der Waals surface area (Å²) in [5.74, 6) is 6.77. The van der Waals surface area contributed by atoms with Gasteiger partial charge in [0.15, 0.2) is 0 Å². The van der Waals surface area contributed by atoms with Gasteiger partial charge in [-0.15, -0.1) is 0 Å². The van der Waals surface area contributed by atoms with Gasteiger partial charge in [0.05, 0.1) is 0 Å². The monoisotopic (exact) mass is 262 g/mol. The van der Waals surface area contributed by atoms with Crippen LogP contribution < -0.4 is 16.6 Å². The van der Waals surface area contributed by atoms with Crippen LogP contribution in [0.1, 0.15) is 39.5 Å². The van der Waals surface area contributed by atoms with E-state index < -0.39 is 0 Å². The molecule has 0 spiro atoms. The number of para-hydroxylation sites is 1. The third-order valence-corrected chi connectivity index (χ3v) is 3.22. The quantitative estimate of drug-likeness (QED) is 0.306. The molecule has 0 saturated carbocycles. The Morgan fingerprint density at radius 1 is 1.26 bits per heavy atom. The van der Waals surface area contributed by atoms with Crippen LogP contribution in [0.5, 0.6) is 0 Å². The average molecular weight is 262 g/mol. The molecule has 1 aromatic rings. The molecule has 4 nitrogen and oxygen atoms in total. The van der Waals surface area contributed by atoms with E-state index in [0.29, 0.717) is 11.9 Å². The van der Waals surface area contributed by atoms with Gasteiger partial charge in [0, 0.05) is 12.2 Å². The summed E-state index contributed by atoms with van der Waals surface area (Å²) in [6, 6.07) is 9.91. The highest BCUT2D eigenvalue weighted by Gasteiger charge is 2.05. The number of unbranched alkanes of at least 4 members (excludes halogenated alkanes) is 1. The minimum Gasteiger partial charge on any atom is -0.325 e. The second-order valence-electron chi connectivity index (χ2n) is 4.74. The first-order valence-electron chi connectivity index (χ1n) is 7.13. The van der Waals surface area contributed by atoms with Crippen molar-refractivity contribution in [1.82, 2.24) is 5.43 Å². The smallest absolute Gasteiger partial charge is 0.210 e. The fraction of sp³-hybridized carbons (Fsp3) is 0.533. The maximum Gasteiger partial charge on any atom is 0.210 e. The summed E-state index contributed by atoms with van der Waals surface area (Å²) in [4.78, 5) is 4.53. The van der Waals surface area contributed by atoms with Gasteiger partial charge in [-0.3, -0.25) is 10.4 Å². The number of benzene rings is 1. The first-order chi connectivity index (χ1) is 9.30. The molecule has 0 aromatic heterocycles. The van der Waals surface area contributed by atoms with Crippen LogP contribution in [0.15, 0.2) is 35.3 Å². The third-order valence-electron chi connectivity index (χ3n) is 3.22. The molecular formula is C15H26N4. The first-order valence-corrected chi connectivity index (χ1v) is 7.13. The van der Waals surface area contributed by atoms with E-state index in [-0.39, 0.29) is 0 Å². The number of rotatable bonds is 7. The lowest BCUT2D eigenvalue weighted by Crippen LogP contribution is -2.36. The van der Waals surface area contributed by atoms with Crippen molar-refractivity contribution in [2.45, 2.75) is 39.5 Å². The lowest BCUT2D eigenvalue weighted by atomic mass is 10.00. The molecular weight excluding hydrogens is 236 g/mol. The Hall–Kier alpha value is -1.55. The largest absolute Gasteiger partial charge is 0.325 e. The molecule has 0 saturated heterocycles. The van der Waals surface area contributed by atoms with E-state index in [1.807, 2.05) is 30.3 Å². The maximum atomic E-state index is 5.51. The van der Waals surface area contributed by atoms with Crippen LogP contribution in [0.25, 0.3) is 0 Å². The van der Waals surface area contributed by atoms with Gasteiger partial charge in [0.25, 0.3) is 0 Å². The molecule has 0 fully saturated rings. The van der Waals surface area contributed by atoms with Crippen molar-refractivity contribution < 1.29 is 0 Å². The number of guanidine groups is 1. The van der Waals surface area contributed by atoms with Crippen molar-refractivity contribution in [2.75, 3.05) is 11.9 Å². The zero-order valence-electron chi connectivity index (χ0n) is 12.0. The van der Waals surface area contributed by atoms with E-state index in [0.717, 1.165) is 18.7 Å². The summed E-state index contributed by atoms with van der Waals surface area (Å²) in [6.07, 6.45) is 4.91. The summed E-state index contributed by atoms with van der Waals surface area (Å²) in [7, 11) is 0. The van der Waals surface area contributed by atoms with E-state index in [1.54, 1.807) is 0 Å². The van der Waals surface area contributed by atoms with Gasteiger partial charge >= 0.3 is 0 Å². The Morgan fingerprint density at radius 2 is 2.00 bits per heavy atom. The Morgan fingerprint density at radius 3 is 2.58 bits per heavy atom. The zero-order chi connectivity index (χ0) is 13.9. The Labute approximate surface area is 116 Å². The molecule has 0 aliphatic carbocycles. The molecule has 1 atom stereocenters. The Balaban J connectivity index is 2.51. The normalized spacial score (nSPS) is 13.1. The van der Waals surface area contributed by atoms with Gasteiger partial charge in [-0.05, 0) is 24.5 Å². The molecule has 0 amide bonds. The Kier molecular flexibility index (Phi) is 7.66. The molecule has 19 heavy (non-hydrogen) atoms. The summed E-state index contributed by atoms with van der Waals surface area (Å²) < 4.78 is 0. The van der Waals surface area contributed by atoms with Crippen LogP contribution in [-0.4, -0.2) is 12.5 Å². The fourth-order valence-electron chi connectivity index (χ4n) is 1.92. The molecule has 4 heteroatoms. The summed E-state index contributed by atoms with van der Waals surface area (Å²) in [5, 5.41) is 3.18. The molecule has 1 rings (SSSR count). The summed E-state index contributed by atoms with van der Waals surface area (Å²) >= 11 is 0. The van der Waals surface area contributed by atoms with Crippen LogP contribution in [0.3, 0.4) is 0 Å². The Bertz CT molecular complexity index is 362. The average Bonchev–Trinajstić information content (AvgIpc) is 2.47. The van der Waals surface area contributed by atoms with Crippen LogP contribution >= 0.6 is 0 Å². The molecule has 0 radical (unpaired) electrons. The number of hydrogen-bond acceptors (Lipinski definition) is 2. The van der Waals surface area contributed by atoms with E-state index in [1.165, 1.54) is 19.3 Å². The van der Waals surface area contributed by atoms with E-state index in [2.05, 4.69) is 29.6 Å². The van der Waals surface area contributed by atoms with Crippen LogP contribution in [0, 0.1) is 5.92 Å². The number of aliphatic imine (C=N–C) groups is 1. The second kappa shape index (κ2) is 9.39. The lowest BCUT2D eigenvalue weighted by molar-refractivity contribution is 0.462. The molecule has 1 unspecified atom stereocenters. The number of nitrogens with one attached hydrogen (secondary N) is 2. The minimum atomic E-state index is 0.626. The number of anilines is 1. The highest BCUT2D eigenvalue weighted by molar-refractivity contribution is 5.93. The number of hydrazine groups is 1. The standard InChI is InChI=1S/C15H26N4/c1-3-5-9-13(4-2)12-17-15(19-16)18-14-10-7-6-8-11-14/h6-8,10-11,13H,3-5,9,12,16H2,1-2H3,(H2,17,18,19). The molecule has 0 heterocycles. The SMILES string of the molecule is CCCCC(CC)CN=C(NN)Nc1ccccc1. The highest BCUT2D eigenvalue weighted by Crippen LogP contribution is 2.13. The summed E-state index contributed by atoms with van der Waals surface area (Å²) in [5.41, 5.74) is 3.61. The summed E-state index contributed by atoms with van der Waals surface area (Å²) in [6.45, 7) is 5.26. The van der Waals surface area contributed by atoms with Gasteiger partial charge in [0.1, 0.15) is 0 Å². The van der Waals surface area contributed by atoms with Crippen molar-refractivity contribution in [2.24, 2.45) is 16.8 Å². The predicted octanol–water partition coefficient (Wildman–Crippen LogP) is 3.13. The third kappa shape index (κ3) is 6.25. The van der Waals surface area contributed by atoms with Crippen LogP contribution in [-0.2, 0) is 0 Å². The minimum absolute atomic E-state index is 0.626. The molecule has 0 aliphatic rings. The first kappa shape index (κ1) is 15.5. The molecule has 4 N–H and O–H groups in total. The number of hydrogen-bond donors (Lipinski definition) is 3.